The minimum Gasteiger partial charge on any atom is -0.497 e. The average molecular weight is 950 g/mol. The number of amides is 3. The Kier molecular flexibility index (Phi) is 15.7. The molecule has 2 aromatic heterocycles. The third kappa shape index (κ3) is 12.4. The third-order valence-electron chi connectivity index (χ3n) is 11.1. The fraction of sp³-hybridized carbons (Fsp3) is 0.478. The van der Waals surface area contributed by atoms with Gasteiger partial charge in [-0.3, -0.25) is 19.2 Å². The Balaban J connectivity index is 1.21. The summed E-state index contributed by atoms with van der Waals surface area (Å²) in [4.78, 5) is 62.9. The lowest BCUT2D eigenvalue weighted by Gasteiger charge is -2.33. The van der Waals surface area contributed by atoms with Crippen molar-refractivity contribution >= 4 is 66.8 Å². The largest absolute Gasteiger partial charge is 0.497 e. The molecule has 1 saturated carbocycles. The number of carbonyl (C=O) groups is 4. The van der Waals surface area contributed by atoms with E-state index in [2.05, 4.69) is 27.3 Å². The van der Waals surface area contributed by atoms with E-state index < -0.39 is 69.3 Å². The van der Waals surface area contributed by atoms with Crippen molar-refractivity contribution in [3.63, 3.8) is 0 Å². The smallest absolute Gasteiger partial charge is 0.303 e. The lowest BCUT2D eigenvalue weighted by Crippen LogP contribution is -2.57. The third-order valence-corrected chi connectivity index (χ3v) is 13.2. The second-order valence-electron chi connectivity index (χ2n) is 17.8. The molecular formula is C46H59N7O11S2. The quantitative estimate of drug-likeness (QED) is 0.0299. The molecule has 5 atom stereocenters. The highest BCUT2D eigenvalue weighted by Crippen LogP contribution is 2.45. The molecule has 4 aromatic rings. The number of aliphatic hydroxyl groups is 1. The SMILES string of the molecule is C=C[C@@H]1C[C@]1(NC(=O)[C@@H]1C[C@@H](Oc2cc(-c3csc(NC(C)C)n3)nc3cc(OC)ccc23)CN1C(O)OC(C)(C)C)C(=O)NS(=O)(=O)c1ccccc1NC(=O)CCCCCCC(=O)O. The number of ether oxygens (including phenoxy) is 3. The molecule has 0 radical (unpaired) electrons. The van der Waals surface area contributed by atoms with E-state index in [1.54, 1.807) is 46.1 Å². The Labute approximate surface area is 388 Å². The normalized spacial score (nSPS) is 20.1. The van der Waals surface area contributed by atoms with E-state index in [1.165, 1.54) is 46.6 Å². The molecule has 0 bridgehead atoms. The maximum Gasteiger partial charge on any atom is 0.303 e. The van der Waals surface area contributed by atoms with Crippen LogP contribution in [0.3, 0.4) is 0 Å². The first-order valence-corrected chi connectivity index (χ1v) is 24.2. The van der Waals surface area contributed by atoms with Crippen molar-refractivity contribution in [2.45, 2.75) is 127 Å². The fourth-order valence-electron chi connectivity index (χ4n) is 7.75. The summed E-state index contributed by atoms with van der Waals surface area (Å²) in [5, 5.41) is 32.3. The van der Waals surface area contributed by atoms with E-state index in [0.717, 1.165) is 5.13 Å². The number of para-hydroxylation sites is 1. The first kappa shape index (κ1) is 49.8. The van der Waals surface area contributed by atoms with Gasteiger partial charge >= 0.3 is 5.97 Å². The Morgan fingerprint density at radius 1 is 1.03 bits per heavy atom. The van der Waals surface area contributed by atoms with Crippen molar-refractivity contribution in [3.8, 4) is 22.9 Å². The van der Waals surface area contributed by atoms with E-state index in [9.17, 15) is 32.7 Å². The number of methoxy groups -OCH3 is 1. The van der Waals surface area contributed by atoms with Crippen LogP contribution in [-0.4, -0.2) is 107 Å². The topological polar surface area (TPSA) is 248 Å². The summed E-state index contributed by atoms with van der Waals surface area (Å²) in [7, 11) is -3.05. The second kappa shape index (κ2) is 20.9. The number of benzene rings is 2. The van der Waals surface area contributed by atoms with E-state index in [4.69, 9.17) is 29.3 Å². The molecule has 3 heterocycles. The van der Waals surface area contributed by atoms with Crippen molar-refractivity contribution in [2.75, 3.05) is 24.3 Å². The molecule has 1 unspecified atom stereocenters. The molecule has 2 aromatic carbocycles. The summed E-state index contributed by atoms with van der Waals surface area (Å²) < 4.78 is 47.9. The molecule has 1 aliphatic heterocycles. The number of unbranched alkanes of at least 4 members (excludes halogenated alkanes) is 3. The van der Waals surface area contributed by atoms with Crippen LogP contribution in [0.5, 0.6) is 11.5 Å². The molecule has 18 nitrogen and oxygen atoms in total. The number of hydrogen-bond donors (Lipinski definition) is 6. The Morgan fingerprint density at radius 2 is 1.76 bits per heavy atom. The minimum atomic E-state index is -4.61. The summed E-state index contributed by atoms with van der Waals surface area (Å²) in [5.74, 6) is -2.63. The summed E-state index contributed by atoms with van der Waals surface area (Å²) in [6, 6.07) is 11.9. The molecular weight excluding hydrogens is 891 g/mol. The van der Waals surface area contributed by atoms with E-state index in [1.807, 2.05) is 25.3 Å². The predicted molar refractivity (Wildman–Crippen MR) is 249 cm³/mol. The second-order valence-corrected chi connectivity index (χ2v) is 20.3. The van der Waals surface area contributed by atoms with E-state index in [0.29, 0.717) is 59.5 Å². The number of sulfonamides is 1. The summed E-state index contributed by atoms with van der Waals surface area (Å²) in [6.07, 6.45) is 1.59. The van der Waals surface area contributed by atoms with Gasteiger partial charge in [-0.25, -0.2) is 28.0 Å². The molecule has 1 aliphatic carbocycles. The van der Waals surface area contributed by atoms with Gasteiger partial charge in [0.15, 0.2) is 5.13 Å². The lowest BCUT2D eigenvalue weighted by atomic mass is 10.1. The van der Waals surface area contributed by atoms with Gasteiger partial charge < -0.3 is 40.4 Å². The summed E-state index contributed by atoms with van der Waals surface area (Å²) >= 11 is 1.44. The number of carbonyl (C=O) groups excluding carboxylic acids is 3. The van der Waals surface area contributed by atoms with Crippen LogP contribution < -0.4 is 30.1 Å². The van der Waals surface area contributed by atoms with Crippen LogP contribution in [-0.2, 0) is 33.9 Å². The molecule has 2 fully saturated rings. The standard InChI is InChI=1S/C46H59N7O11S2/c1-8-28-24-46(28,42(58)52-66(60,61)38-16-14-13-15-32(38)49-39(54)17-11-9-10-12-18-40(55)56)51-41(57)36-22-30(25-53(36)44(59)64-45(4,5)6)63-37-23-34(35-26-65-43(50-35)47-27(2)3)48-33-21-29(62-7)19-20-31(33)37/h8,13-16,19-21,23,26-28,30,36,44,59H,1,9-12,17-18,22,24-25H2,2-7H3,(H,47,50)(H,49,54)(H,51,57)(H,52,58)(H,55,56)/t28-,30-,36+,44?,46-/m1/s1. The number of nitrogens with one attached hydrogen (secondary N) is 4. The monoisotopic (exact) mass is 949 g/mol. The lowest BCUT2D eigenvalue weighted by molar-refractivity contribution is -0.242. The van der Waals surface area contributed by atoms with Gasteiger partial charge in [-0.1, -0.05) is 31.1 Å². The molecule has 0 spiro atoms. The molecule has 66 heavy (non-hydrogen) atoms. The Morgan fingerprint density at radius 3 is 2.42 bits per heavy atom. The van der Waals surface area contributed by atoms with Crippen molar-refractivity contribution in [2.24, 2.45) is 5.92 Å². The van der Waals surface area contributed by atoms with Crippen LogP contribution in [0, 0.1) is 5.92 Å². The van der Waals surface area contributed by atoms with Crippen LogP contribution in [0.1, 0.15) is 86.0 Å². The van der Waals surface area contributed by atoms with Gasteiger partial charge in [-0.2, -0.15) is 0 Å². The zero-order valence-corrected chi connectivity index (χ0v) is 39.6. The van der Waals surface area contributed by atoms with Crippen molar-refractivity contribution in [1.29, 1.82) is 0 Å². The van der Waals surface area contributed by atoms with Crippen LogP contribution in [0.15, 0.2) is 71.5 Å². The Hall–Kier alpha value is -5.67. The van der Waals surface area contributed by atoms with Crippen LogP contribution in [0.4, 0.5) is 10.8 Å². The number of likely N-dealkylation sites (tertiary alicyclic amines) is 1. The highest BCUT2D eigenvalue weighted by Gasteiger charge is 2.61. The molecule has 3 amide bonds. The number of anilines is 2. The van der Waals surface area contributed by atoms with Gasteiger partial charge in [-0.15, -0.1) is 17.9 Å². The number of carboxylic acids is 1. The van der Waals surface area contributed by atoms with Crippen molar-refractivity contribution in [1.82, 2.24) is 24.9 Å². The first-order valence-electron chi connectivity index (χ1n) is 21.8. The van der Waals surface area contributed by atoms with Crippen molar-refractivity contribution in [3.05, 3.63) is 66.6 Å². The van der Waals surface area contributed by atoms with Crippen LogP contribution in [0.25, 0.3) is 22.3 Å². The van der Waals surface area contributed by atoms with Gasteiger partial charge in [0.25, 0.3) is 15.9 Å². The number of thiazole rings is 1. The first-order chi connectivity index (χ1) is 31.2. The van der Waals surface area contributed by atoms with Gasteiger partial charge in [-0.05, 0) is 78.1 Å². The average Bonchev–Trinajstić information content (AvgIpc) is 3.50. The fourth-order valence-corrected chi connectivity index (χ4v) is 9.80. The van der Waals surface area contributed by atoms with Crippen LogP contribution in [0.2, 0.25) is 0 Å². The zero-order valence-electron chi connectivity index (χ0n) is 38.0. The zero-order chi connectivity index (χ0) is 48.0. The molecule has 6 rings (SSSR count). The number of fused-ring (bicyclic) bond motifs is 1. The predicted octanol–water partition coefficient (Wildman–Crippen LogP) is 6.03. The maximum absolute atomic E-state index is 14.5. The number of aromatic nitrogens is 2. The molecule has 6 N–H and O–H groups in total. The van der Waals surface area contributed by atoms with E-state index >= 15 is 0 Å². The van der Waals surface area contributed by atoms with Crippen LogP contribution >= 0.6 is 11.3 Å². The highest BCUT2D eigenvalue weighted by molar-refractivity contribution is 7.90. The van der Waals surface area contributed by atoms with Gasteiger partial charge in [0.05, 0.1) is 35.7 Å². The number of rotatable bonds is 22. The maximum atomic E-state index is 14.5. The molecule has 2 aliphatic rings. The minimum absolute atomic E-state index is 0.0233. The van der Waals surface area contributed by atoms with Gasteiger partial charge in [0, 0.05) is 60.7 Å². The number of carboxylic acid groups (broad SMARTS) is 1. The number of nitrogens with zero attached hydrogens (tertiary/aromatic N) is 3. The number of aliphatic hydroxyl groups excluding tert-OH is 1. The molecule has 20 heteroatoms. The number of hydrogen-bond acceptors (Lipinski definition) is 15. The highest BCUT2D eigenvalue weighted by atomic mass is 32.2. The van der Waals surface area contributed by atoms with E-state index in [-0.39, 0.29) is 48.9 Å². The summed E-state index contributed by atoms with van der Waals surface area (Å²) in [6.45, 7) is 13.1. The van der Waals surface area contributed by atoms with Crippen molar-refractivity contribution < 1.29 is 52.0 Å². The Bertz CT molecular complexity index is 2540. The van der Waals surface area contributed by atoms with Gasteiger partial charge in [0.2, 0.25) is 18.2 Å². The number of pyridine rings is 1. The molecule has 356 valence electrons. The van der Waals surface area contributed by atoms with Gasteiger partial charge in [0.1, 0.15) is 33.7 Å². The summed E-state index contributed by atoms with van der Waals surface area (Å²) in [5.41, 5.74) is -0.849. The number of aliphatic carboxylic acids is 1. The molecule has 1 saturated heterocycles.